The van der Waals surface area contributed by atoms with Crippen molar-refractivity contribution in [3.8, 4) is 0 Å². The average Bonchev–Trinajstić information content (AvgIpc) is 2.86. The third-order valence-corrected chi connectivity index (χ3v) is 3.01. The van der Waals surface area contributed by atoms with E-state index < -0.39 is 0 Å². The molecule has 0 saturated heterocycles. The zero-order valence-corrected chi connectivity index (χ0v) is 11.7. The second-order valence-corrected chi connectivity index (χ2v) is 4.65. The van der Waals surface area contributed by atoms with Gasteiger partial charge in [0.2, 0.25) is 0 Å². The van der Waals surface area contributed by atoms with Crippen LogP contribution in [-0.4, -0.2) is 25.8 Å². The Hall–Kier alpha value is -2.44. The highest BCUT2D eigenvalue weighted by molar-refractivity contribution is 5.74. The molecule has 0 bridgehead atoms. The Bertz CT molecular complexity index is 567. The van der Waals surface area contributed by atoms with Crippen molar-refractivity contribution in [2.45, 2.75) is 25.9 Å². The van der Waals surface area contributed by atoms with E-state index in [1.807, 2.05) is 33.0 Å². The average molecular weight is 274 g/mol. The second-order valence-electron chi connectivity index (χ2n) is 4.65. The Morgan fingerprint density at radius 1 is 1.30 bits per heavy atom. The van der Waals surface area contributed by atoms with Crippen LogP contribution in [0.2, 0.25) is 0 Å². The largest absolute Gasteiger partial charge is 0.332 e. The van der Waals surface area contributed by atoms with E-state index in [1.165, 1.54) is 0 Å². The summed E-state index contributed by atoms with van der Waals surface area (Å²) in [5.41, 5.74) is 0.953. The number of hydrogen-bond acceptors (Lipinski definition) is 4. The Kier molecular flexibility index (Phi) is 4.29. The molecule has 2 aromatic heterocycles. The zero-order valence-electron chi connectivity index (χ0n) is 11.7. The molecule has 0 unspecified atom stereocenters. The first kappa shape index (κ1) is 14.0. The molecule has 0 spiro atoms. The van der Waals surface area contributed by atoms with Gasteiger partial charge in [0.25, 0.3) is 0 Å². The predicted molar refractivity (Wildman–Crippen MR) is 73.7 cm³/mol. The van der Waals surface area contributed by atoms with Gasteiger partial charge >= 0.3 is 6.03 Å². The lowest BCUT2D eigenvalue weighted by atomic mass is 10.1. The van der Waals surface area contributed by atoms with Gasteiger partial charge in [-0.2, -0.15) is 0 Å². The quantitative estimate of drug-likeness (QED) is 0.881. The van der Waals surface area contributed by atoms with Crippen LogP contribution in [0.1, 0.15) is 37.3 Å². The van der Waals surface area contributed by atoms with Gasteiger partial charge in [-0.15, -0.1) is 10.2 Å². The number of aromatic nitrogens is 4. The molecule has 7 heteroatoms. The summed E-state index contributed by atoms with van der Waals surface area (Å²) >= 11 is 0. The summed E-state index contributed by atoms with van der Waals surface area (Å²) in [4.78, 5) is 16.0. The van der Waals surface area contributed by atoms with Crippen LogP contribution in [0.5, 0.6) is 0 Å². The third-order valence-electron chi connectivity index (χ3n) is 3.01. The Labute approximate surface area is 117 Å². The number of carbonyl (C=O) groups is 1. The first-order valence-electron chi connectivity index (χ1n) is 6.38. The summed E-state index contributed by atoms with van der Waals surface area (Å²) in [6.45, 7) is 3.77. The molecule has 2 rings (SSSR count). The monoisotopic (exact) mass is 274 g/mol. The number of urea groups is 1. The molecule has 0 aromatic carbocycles. The molecule has 106 valence electrons. The van der Waals surface area contributed by atoms with Gasteiger partial charge in [-0.05, 0) is 25.5 Å². The maximum Gasteiger partial charge on any atom is 0.315 e. The van der Waals surface area contributed by atoms with Crippen molar-refractivity contribution in [2.75, 3.05) is 0 Å². The van der Waals surface area contributed by atoms with Gasteiger partial charge in [0, 0.05) is 19.4 Å². The normalized spacial score (nSPS) is 13.6. The lowest BCUT2D eigenvalue weighted by molar-refractivity contribution is 0.234. The van der Waals surface area contributed by atoms with E-state index in [9.17, 15) is 4.79 Å². The Morgan fingerprint density at radius 2 is 2.05 bits per heavy atom. The number of pyridine rings is 1. The maximum atomic E-state index is 11.9. The molecule has 0 aliphatic rings. The minimum absolute atomic E-state index is 0.115. The van der Waals surface area contributed by atoms with E-state index >= 15 is 0 Å². The van der Waals surface area contributed by atoms with Crippen LogP contribution in [0.4, 0.5) is 4.79 Å². The number of rotatable bonds is 4. The third kappa shape index (κ3) is 3.31. The number of aryl methyl sites for hydroxylation is 1. The fraction of sp³-hybridized carbons (Fsp3) is 0.385. The first-order valence-corrected chi connectivity index (χ1v) is 6.38. The van der Waals surface area contributed by atoms with Gasteiger partial charge in [0.1, 0.15) is 6.33 Å². The van der Waals surface area contributed by atoms with Crippen LogP contribution < -0.4 is 10.6 Å². The van der Waals surface area contributed by atoms with Gasteiger partial charge in [0.15, 0.2) is 5.82 Å². The highest BCUT2D eigenvalue weighted by atomic mass is 16.2. The number of nitrogens with one attached hydrogen (secondary N) is 2. The van der Waals surface area contributed by atoms with Crippen LogP contribution in [-0.2, 0) is 7.05 Å². The number of hydrogen-bond donors (Lipinski definition) is 2. The summed E-state index contributed by atoms with van der Waals surface area (Å²) in [6.07, 6.45) is 5.03. The van der Waals surface area contributed by atoms with Gasteiger partial charge in [-0.25, -0.2) is 4.79 Å². The van der Waals surface area contributed by atoms with E-state index in [-0.39, 0.29) is 18.1 Å². The molecule has 7 nitrogen and oxygen atoms in total. The molecule has 0 radical (unpaired) electrons. The van der Waals surface area contributed by atoms with Gasteiger partial charge in [-0.3, -0.25) is 4.98 Å². The lowest BCUT2D eigenvalue weighted by Gasteiger charge is -2.17. The van der Waals surface area contributed by atoms with Crippen molar-refractivity contribution < 1.29 is 4.79 Å². The maximum absolute atomic E-state index is 11.9. The predicted octanol–water partition coefficient (Wildman–Crippen LogP) is 1.33. The number of carbonyl (C=O) groups excluding carboxylic acids is 1. The van der Waals surface area contributed by atoms with Crippen LogP contribution in [0, 0.1) is 0 Å². The van der Waals surface area contributed by atoms with Crippen LogP contribution >= 0.6 is 0 Å². The van der Waals surface area contributed by atoms with Gasteiger partial charge < -0.3 is 15.2 Å². The fourth-order valence-corrected chi connectivity index (χ4v) is 1.90. The van der Waals surface area contributed by atoms with E-state index in [4.69, 9.17) is 0 Å². The molecule has 0 saturated carbocycles. The van der Waals surface area contributed by atoms with Crippen molar-refractivity contribution in [1.29, 1.82) is 0 Å². The highest BCUT2D eigenvalue weighted by Crippen LogP contribution is 2.11. The van der Waals surface area contributed by atoms with Crippen LogP contribution in [0.25, 0.3) is 0 Å². The molecule has 2 heterocycles. The highest BCUT2D eigenvalue weighted by Gasteiger charge is 2.15. The smallest absolute Gasteiger partial charge is 0.315 e. The minimum atomic E-state index is -0.253. The molecular formula is C13H18N6O. The van der Waals surface area contributed by atoms with Crippen molar-refractivity contribution in [3.05, 3.63) is 42.2 Å². The molecule has 2 atom stereocenters. The molecular weight excluding hydrogens is 256 g/mol. The standard InChI is InChI=1S/C13H18N6O/c1-9(11-5-4-6-14-7-11)16-13(20)17-10(2)12-18-15-8-19(12)3/h4-10H,1-3H3,(H2,16,17,20)/t9-,10+/m1/s1. The topological polar surface area (TPSA) is 84.7 Å². The van der Waals surface area contributed by atoms with Crippen molar-refractivity contribution in [1.82, 2.24) is 30.4 Å². The Balaban J connectivity index is 1.91. The van der Waals surface area contributed by atoms with E-state index in [0.29, 0.717) is 5.82 Å². The van der Waals surface area contributed by atoms with Gasteiger partial charge in [0.05, 0.1) is 12.1 Å². The SMILES string of the molecule is C[C@H](NC(=O)N[C@H](C)c1cccnc1)c1nncn1C. The summed E-state index contributed by atoms with van der Waals surface area (Å²) in [6, 6.07) is 3.17. The number of nitrogens with zero attached hydrogens (tertiary/aromatic N) is 4. The van der Waals surface area contributed by atoms with Gasteiger partial charge in [-0.1, -0.05) is 6.07 Å². The fourth-order valence-electron chi connectivity index (χ4n) is 1.90. The van der Waals surface area contributed by atoms with Crippen molar-refractivity contribution in [3.63, 3.8) is 0 Å². The van der Waals surface area contributed by atoms with E-state index in [1.54, 1.807) is 23.3 Å². The molecule has 2 N–H and O–H groups in total. The molecule has 2 amide bonds. The molecule has 0 aliphatic carbocycles. The van der Waals surface area contributed by atoms with Crippen LogP contribution in [0.3, 0.4) is 0 Å². The summed E-state index contributed by atoms with van der Waals surface area (Å²) in [5.74, 6) is 0.703. The molecule has 0 fully saturated rings. The summed E-state index contributed by atoms with van der Waals surface area (Å²) in [7, 11) is 1.84. The first-order chi connectivity index (χ1) is 9.58. The summed E-state index contributed by atoms with van der Waals surface area (Å²) in [5, 5.41) is 13.4. The molecule has 0 aliphatic heterocycles. The Morgan fingerprint density at radius 3 is 2.65 bits per heavy atom. The number of amides is 2. The second kappa shape index (κ2) is 6.14. The van der Waals surface area contributed by atoms with Crippen molar-refractivity contribution >= 4 is 6.03 Å². The minimum Gasteiger partial charge on any atom is -0.332 e. The molecule has 2 aromatic rings. The van der Waals surface area contributed by atoms with Crippen LogP contribution in [0.15, 0.2) is 30.9 Å². The lowest BCUT2D eigenvalue weighted by Crippen LogP contribution is -2.39. The van der Waals surface area contributed by atoms with E-state index in [2.05, 4.69) is 25.8 Å². The summed E-state index contributed by atoms with van der Waals surface area (Å²) < 4.78 is 1.77. The molecule has 20 heavy (non-hydrogen) atoms. The van der Waals surface area contributed by atoms with E-state index in [0.717, 1.165) is 5.56 Å². The zero-order chi connectivity index (χ0) is 14.5. The van der Waals surface area contributed by atoms with Crippen molar-refractivity contribution in [2.24, 2.45) is 7.05 Å².